The molecule has 118 heavy (non-hydrogen) atoms. The summed E-state index contributed by atoms with van der Waals surface area (Å²) < 4.78 is 41.5. The molecule has 12 bridgehead atoms. The Bertz CT molecular complexity index is 3360. The molecule has 0 N–H and O–H groups in total. The predicted octanol–water partition coefficient (Wildman–Crippen LogP) is 27.3. The van der Waals surface area contributed by atoms with E-state index in [0.29, 0.717) is 35.5 Å². The number of hydrogen-bond acceptors (Lipinski definition) is 14. The predicted molar refractivity (Wildman–Crippen MR) is 478 cm³/mol. The van der Waals surface area contributed by atoms with E-state index in [2.05, 4.69) is 125 Å². The van der Waals surface area contributed by atoms with E-state index in [1.165, 1.54) is 135 Å². The SMILES string of the molecule is CCC(C)(C)C(=O)OC1(C)C2(C)CCC(C2)C1(C)C.CCC(C)(C)C(=O)OC1(CC)CC2CCC1C2.CCC(C)C(=O)OC1(C)C2(C)CCC(C2)C1(C)C.CCC(C)C(=O)OC1(C)CC2CCC1(C)C2(C)C.CCC(C)C(=O)OC1(C)CC2CCC1C2.CCC(C)C(=O)OC1(C)CCCCCC1.CCC(C)C(=O)OC1(CC)CC2CCC1C2. The van der Waals surface area contributed by atoms with E-state index in [9.17, 15) is 33.6 Å². The van der Waals surface area contributed by atoms with Crippen molar-refractivity contribution in [3.8, 4) is 0 Å². The van der Waals surface area contributed by atoms with Gasteiger partial charge in [0.05, 0.1) is 40.4 Å². The minimum Gasteiger partial charge on any atom is -0.459 e. The van der Waals surface area contributed by atoms with Gasteiger partial charge in [0, 0.05) is 27.1 Å². The molecule has 0 saturated heterocycles. The topological polar surface area (TPSA) is 184 Å². The van der Waals surface area contributed by atoms with Gasteiger partial charge in [-0.3, -0.25) is 33.6 Å². The highest BCUT2D eigenvalue weighted by Gasteiger charge is 2.72. The molecule has 13 saturated carbocycles. The summed E-state index contributed by atoms with van der Waals surface area (Å²) in [6, 6.07) is 0. The maximum Gasteiger partial charge on any atom is 0.312 e. The molecule has 0 heterocycles. The van der Waals surface area contributed by atoms with Gasteiger partial charge in [0.2, 0.25) is 0 Å². The van der Waals surface area contributed by atoms with Crippen LogP contribution in [0.25, 0.3) is 0 Å². The molecular formula is C104H182O14. The molecule has 14 heteroatoms. The lowest BCUT2D eigenvalue weighted by Crippen LogP contribution is -2.55. The van der Waals surface area contributed by atoms with Crippen molar-refractivity contribution in [3.05, 3.63) is 0 Å². The van der Waals surface area contributed by atoms with Crippen LogP contribution in [0.5, 0.6) is 0 Å². The van der Waals surface area contributed by atoms with Gasteiger partial charge in [-0.2, -0.15) is 0 Å². The normalized spacial score (nSPS) is 38.1. The van der Waals surface area contributed by atoms with Crippen LogP contribution in [0.1, 0.15) is 453 Å². The summed E-state index contributed by atoms with van der Waals surface area (Å²) in [7, 11) is 0. The van der Waals surface area contributed by atoms with Gasteiger partial charge in [-0.25, -0.2) is 0 Å². The number of hydrogen-bond donors (Lipinski definition) is 0. The van der Waals surface area contributed by atoms with E-state index in [0.717, 1.165) is 114 Å². The van der Waals surface area contributed by atoms with Gasteiger partial charge in [0.15, 0.2) is 0 Å². The van der Waals surface area contributed by atoms with Crippen molar-refractivity contribution in [2.24, 2.45) is 126 Å². The van der Waals surface area contributed by atoms with Crippen LogP contribution in [-0.4, -0.2) is 81.0 Å². The van der Waals surface area contributed by atoms with E-state index in [-0.39, 0.29) is 154 Å². The number of ether oxygens (including phenoxy) is 7. The van der Waals surface area contributed by atoms with Crippen molar-refractivity contribution in [1.82, 2.24) is 0 Å². The molecule has 13 aliphatic rings. The molecule has 23 unspecified atom stereocenters. The van der Waals surface area contributed by atoms with Crippen LogP contribution in [0, 0.1) is 126 Å². The van der Waals surface area contributed by atoms with Crippen molar-refractivity contribution in [3.63, 3.8) is 0 Å². The molecular weight excluding hydrogens is 1470 g/mol. The Balaban J connectivity index is 0.000000190. The second-order valence-electron chi connectivity index (χ2n) is 46.4. The van der Waals surface area contributed by atoms with Crippen molar-refractivity contribution >= 4 is 41.8 Å². The Hall–Kier alpha value is -3.71. The van der Waals surface area contributed by atoms with E-state index < -0.39 is 0 Å². The highest BCUT2D eigenvalue weighted by Crippen LogP contribution is 2.73. The zero-order valence-electron chi connectivity index (χ0n) is 82.3. The summed E-state index contributed by atoms with van der Waals surface area (Å²) >= 11 is 0. The van der Waals surface area contributed by atoms with Crippen LogP contribution in [-0.2, 0) is 66.7 Å². The fourth-order valence-corrected chi connectivity index (χ4v) is 24.8. The molecule has 0 radical (unpaired) electrons. The number of esters is 7. The Kier molecular flexibility index (Phi) is 33.2. The molecule has 0 aromatic carbocycles. The molecule has 14 nitrogen and oxygen atoms in total. The number of carbonyl (C=O) groups excluding carboxylic acids is 7. The highest BCUT2D eigenvalue weighted by atomic mass is 16.6. The van der Waals surface area contributed by atoms with E-state index in [1.54, 1.807) is 0 Å². The standard InChI is InChI=1S/C17H30O2.2C16H28O2.C15H26O2.C14H24O2.C13H22O2.C13H24O2/c1-8-14(2,3)13(18)19-17(7)15(4,5)12-9-10-16(17,6)11-12;1-7-11(2)13(17)18-16(6)10-12-8-9-15(16,5)14(12,3)4;1-7-11(2)13(17)18-16(6)14(3,4)12-8-9-15(16,5)10-12;1-5-14(3,4)13(16)17-15(6-2)10-11-7-8-12(15)9-11;1-4-10(3)13(15)16-14(5-2)9-11-6-7-12(14)8-11;1-4-9(2)12(14)15-13(3)8-10-5-6-11(13)7-10;1-4-11(2)12(14)15-13(3)9-7-5-6-8-10-13/h12H,8-11H2,1-7H3;2*11-12H,7-10H2,1-6H3;11-12H,5-10H2,1-4H3;10-12H,4-9H2,1-3H3;9-11H,4-8H2,1-3H3;11H,4-10H2,1-3H3. The lowest BCUT2D eigenvalue weighted by molar-refractivity contribution is -0.202. The van der Waals surface area contributed by atoms with E-state index in [1.807, 2.05) is 96.9 Å². The molecule has 13 rings (SSSR count). The van der Waals surface area contributed by atoms with Gasteiger partial charge >= 0.3 is 41.8 Å². The average Bonchev–Trinajstić information content (AvgIpc) is 1.54. The summed E-state index contributed by atoms with van der Waals surface area (Å²) in [6.45, 7) is 68.0. The Labute approximate surface area is 722 Å². The third-order valence-corrected chi connectivity index (χ3v) is 38.0. The fraction of sp³-hybridized carbons (Fsp3) is 0.933. The van der Waals surface area contributed by atoms with Crippen LogP contribution in [0.15, 0.2) is 0 Å². The van der Waals surface area contributed by atoms with Crippen LogP contribution in [0.3, 0.4) is 0 Å². The summed E-state index contributed by atoms with van der Waals surface area (Å²) in [6.07, 6.45) is 41.0. The molecule has 0 aromatic heterocycles. The number of fused-ring (bicyclic) bond motifs is 12. The molecule has 682 valence electrons. The Morgan fingerprint density at radius 2 is 0.661 bits per heavy atom. The van der Waals surface area contributed by atoms with Crippen molar-refractivity contribution in [2.75, 3.05) is 0 Å². The Morgan fingerprint density at radius 3 is 0.983 bits per heavy atom. The second-order valence-corrected chi connectivity index (χ2v) is 46.4. The Morgan fingerprint density at radius 1 is 0.322 bits per heavy atom. The highest BCUT2D eigenvalue weighted by molar-refractivity contribution is 5.78. The first-order valence-corrected chi connectivity index (χ1v) is 49.1. The minimum absolute atomic E-state index is 0.00699. The lowest BCUT2D eigenvalue weighted by atomic mass is 9.61. The fourth-order valence-electron chi connectivity index (χ4n) is 24.8. The average molecular weight is 1660 g/mol. The first-order chi connectivity index (χ1) is 54.5. The van der Waals surface area contributed by atoms with Gasteiger partial charge in [0.25, 0.3) is 0 Å². The van der Waals surface area contributed by atoms with Gasteiger partial charge in [-0.1, -0.05) is 172 Å². The quantitative estimate of drug-likeness (QED) is 0.0535. The van der Waals surface area contributed by atoms with Crippen molar-refractivity contribution in [1.29, 1.82) is 0 Å². The summed E-state index contributed by atoms with van der Waals surface area (Å²) in [4.78, 5) is 84.6. The lowest BCUT2D eigenvalue weighted by Gasteiger charge is -2.51. The maximum atomic E-state index is 12.5. The van der Waals surface area contributed by atoms with Crippen LogP contribution in [0.4, 0.5) is 0 Å². The zero-order chi connectivity index (χ0) is 89.0. The zero-order valence-corrected chi connectivity index (χ0v) is 82.3. The summed E-state index contributed by atoms with van der Waals surface area (Å²) in [5.41, 5.74) is -1.20. The van der Waals surface area contributed by atoms with Crippen LogP contribution >= 0.6 is 0 Å². The smallest absolute Gasteiger partial charge is 0.312 e. The van der Waals surface area contributed by atoms with Gasteiger partial charge in [-0.15, -0.1) is 0 Å². The molecule has 13 fully saturated rings. The maximum absolute atomic E-state index is 12.5. The number of rotatable bonds is 23. The third-order valence-electron chi connectivity index (χ3n) is 38.0. The largest absolute Gasteiger partial charge is 0.459 e. The van der Waals surface area contributed by atoms with Gasteiger partial charge < -0.3 is 33.2 Å². The van der Waals surface area contributed by atoms with Gasteiger partial charge in [0.1, 0.15) is 39.2 Å². The third kappa shape index (κ3) is 20.4. The van der Waals surface area contributed by atoms with Crippen LogP contribution < -0.4 is 0 Å². The van der Waals surface area contributed by atoms with Crippen molar-refractivity contribution in [2.45, 2.75) is 492 Å². The first-order valence-electron chi connectivity index (χ1n) is 49.1. The minimum atomic E-state index is -0.378. The molecule has 23 atom stereocenters. The monoisotopic (exact) mass is 1660 g/mol. The molecule has 0 spiro atoms. The molecule has 13 aliphatic carbocycles. The van der Waals surface area contributed by atoms with E-state index >= 15 is 0 Å². The van der Waals surface area contributed by atoms with Crippen LogP contribution in [0.2, 0.25) is 0 Å². The molecule has 0 aliphatic heterocycles. The summed E-state index contributed by atoms with van der Waals surface area (Å²) in [5, 5.41) is 0. The van der Waals surface area contributed by atoms with Crippen molar-refractivity contribution < 1.29 is 66.7 Å². The number of carbonyl (C=O) groups is 7. The first kappa shape index (κ1) is 101. The summed E-state index contributed by atoms with van der Waals surface area (Å²) in [5.74, 6) is 6.67. The van der Waals surface area contributed by atoms with Gasteiger partial charge in [-0.05, 0) is 339 Å². The second kappa shape index (κ2) is 38.6. The van der Waals surface area contributed by atoms with E-state index in [4.69, 9.17) is 33.2 Å². The molecule has 0 amide bonds. The molecule has 0 aromatic rings.